The molecule has 0 saturated heterocycles. The maximum absolute atomic E-state index is 11.9. The second-order valence-corrected chi connectivity index (χ2v) is 8.38. The number of nitrogens with zero attached hydrogens (tertiary/aromatic N) is 4. The first-order valence-electron chi connectivity index (χ1n) is 11.3. The van der Waals surface area contributed by atoms with Crippen LogP contribution in [0.2, 0.25) is 0 Å². The van der Waals surface area contributed by atoms with Crippen LogP contribution in [0, 0.1) is 13.8 Å². The maximum Gasteiger partial charge on any atom is 1.00 e. The summed E-state index contributed by atoms with van der Waals surface area (Å²) in [6.07, 6.45) is 0. The molecule has 0 aromatic heterocycles. The summed E-state index contributed by atoms with van der Waals surface area (Å²) >= 11 is 0. The molecule has 190 valence electrons. The Labute approximate surface area is 273 Å². The van der Waals surface area contributed by atoms with Crippen molar-refractivity contribution in [3.05, 3.63) is 95.1 Å². The molecule has 4 aromatic rings. The summed E-state index contributed by atoms with van der Waals surface area (Å²) in [5, 5.41) is 58.5. The van der Waals surface area contributed by atoms with Gasteiger partial charge in [0.25, 0.3) is 0 Å². The Balaban J connectivity index is 0.00000280. The average Bonchev–Trinajstić information content (AvgIpc) is 2.90. The van der Waals surface area contributed by atoms with E-state index in [9.17, 15) is 30.0 Å². The summed E-state index contributed by atoms with van der Waals surface area (Å²) in [5.41, 5.74) is 3.28. The third kappa shape index (κ3) is 7.85. The second-order valence-electron chi connectivity index (χ2n) is 8.38. The van der Waals surface area contributed by atoms with Crippen LogP contribution in [0.1, 0.15) is 31.8 Å². The van der Waals surface area contributed by atoms with Gasteiger partial charge >= 0.3 is 71.1 Å². The average molecular weight is 554 g/mol. The Morgan fingerprint density at radius 2 is 0.850 bits per heavy atom. The number of aromatic carboxylic acids is 2. The molecule has 0 aliphatic heterocycles. The second kappa shape index (κ2) is 14.3. The zero-order valence-corrected chi connectivity index (χ0v) is 26.2. The Bertz CT molecular complexity index is 1480. The molecular weight excluding hydrogens is 534 g/mol. The molecular formula is C28H20N4Na2O6. The largest absolute Gasteiger partial charge is 1.00 e. The Kier molecular flexibility index (Phi) is 11.7. The number of carboxylic acids is 2. The van der Waals surface area contributed by atoms with Gasteiger partial charge in [0.2, 0.25) is 0 Å². The smallest absolute Gasteiger partial charge is 0.872 e. The van der Waals surface area contributed by atoms with Gasteiger partial charge in [-0.3, -0.25) is 0 Å². The van der Waals surface area contributed by atoms with Gasteiger partial charge in [-0.05, 0) is 73.5 Å². The quantitative estimate of drug-likeness (QED) is 0.247. The molecule has 40 heavy (non-hydrogen) atoms. The van der Waals surface area contributed by atoms with E-state index in [2.05, 4.69) is 20.5 Å². The molecule has 0 spiro atoms. The SMILES string of the molecule is Cc1cc(N=Nc2ccc(-c3ccc(N=Nc4cc(C)c([O-])c(C(=O)O)c4)cc3)cc2)cc(C(=O)O)c1[O-].[Na+].[Na+]. The molecule has 0 atom stereocenters. The third-order valence-corrected chi connectivity index (χ3v) is 5.61. The van der Waals surface area contributed by atoms with Crippen molar-refractivity contribution < 1.29 is 89.1 Å². The number of benzene rings is 4. The summed E-state index contributed by atoms with van der Waals surface area (Å²) in [6, 6.07) is 19.7. The van der Waals surface area contributed by atoms with Crippen molar-refractivity contribution in [2.24, 2.45) is 20.5 Å². The van der Waals surface area contributed by atoms with E-state index in [0.717, 1.165) is 11.1 Å². The molecule has 4 aromatic carbocycles. The number of rotatable bonds is 7. The van der Waals surface area contributed by atoms with Crippen LogP contribution in [0.15, 0.2) is 93.3 Å². The first-order chi connectivity index (χ1) is 18.1. The Morgan fingerprint density at radius 3 is 1.15 bits per heavy atom. The number of hydrogen-bond donors (Lipinski definition) is 2. The number of carbonyl (C=O) groups is 2. The first-order valence-corrected chi connectivity index (χ1v) is 11.3. The fourth-order valence-electron chi connectivity index (χ4n) is 3.61. The van der Waals surface area contributed by atoms with Gasteiger partial charge in [0.05, 0.1) is 33.9 Å². The van der Waals surface area contributed by atoms with Crippen LogP contribution < -0.4 is 69.3 Å². The van der Waals surface area contributed by atoms with Crippen molar-refractivity contribution in [2.75, 3.05) is 0 Å². The summed E-state index contributed by atoms with van der Waals surface area (Å²) in [6.45, 7) is 3.05. The molecule has 12 heteroatoms. The van der Waals surface area contributed by atoms with Gasteiger partial charge in [-0.2, -0.15) is 20.5 Å². The van der Waals surface area contributed by atoms with E-state index in [1.165, 1.54) is 38.1 Å². The van der Waals surface area contributed by atoms with Crippen molar-refractivity contribution >= 4 is 34.7 Å². The van der Waals surface area contributed by atoms with Gasteiger partial charge in [-0.15, -0.1) is 0 Å². The third-order valence-electron chi connectivity index (χ3n) is 5.61. The zero-order valence-electron chi connectivity index (χ0n) is 22.2. The number of aryl methyl sites for hydroxylation is 2. The fraction of sp³-hybridized carbons (Fsp3) is 0.0714. The summed E-state index contributed by atoms with van der Waals surface area (Å²) in [4.78, 5) is 22.5. The van der Waals surface area contributed by atoms with Gasteiger partial charge in [0, 0.05) is 0 Å². The van der Waals surface area contributed by atoms with Crippen molar-refractivity contribution in [1.82, 2.24) is 0 Å². The molecule has 0 fully saturated rings. The van der Waals surface area contributed by atoms with Gasteiger partial charge < -0.3 is 20.4 Å². The van der Waals surface area contributed by atoms with Crippen molar-refractivity contribution in [3.63, 3.8) is 0 Å². The number of carboxylic acid groups (broad SMARTS) is 2. The van der Waals surface area contributed by atoms with Gasteiger partial charge in [-0.1, -0.05) is 46.9 Å². The molecule has 0 unspecified atom stereocenters. The van der Waals surface area contributed by atoms with Crippen LogP contribution in [0.3, 0.4) is 0 Å². The van der Waals surface area contributed by atoms with Crippen LogP contribution in [0.25, 0.3) is 11.1 Å². The van der Waals surface area contributed by atoms with Crippen LogP contribution in [-0.2, 0) is 0 Å². The van der Waals surface area contributed by atoms with E-state index >= 15 is 0 Å². The monoisotopic (exact) mass is 554 g/mol. The zero-order chi connectivity index (χ0) is 27.4. The molecule has 0 heterocycles. The summed E-state index contributed by atoms with van der Waals surface area (Å²) < 4.78 is 0. The predicted octanol–water partition coefficient (Wildman–Crippen LogP) is 0.353. The van der Waals surface area contributed by atoms with Gasteiger partial charge in [0.15, 0.2) is 0 Å². The molecule has 0 saturated carbocycles. The minimum absolute atomic E-state index is 0. The fourth-order valence-corrected chi connectivity index (χ4v) is 3.61. The van der Waals surface area contributed by atoms with Crippen molar-refractivity contribution in [1.29, 1.82) is 0 Å². The van der Waals surface area contributed by atoms with E-state index in [-0.39, 0.29) is 92.7 Å². The van der Waals surface area contributed by atoms with E-state index < -0.39 is 23.4 Å². The molecule has 0 aliphatic carbocycles. The van der Waals surface area contributed by atoms with Crippen LogP contribution in [0.5, 0.6) is 11.5 Å². The molecule has 0 amide bonds. The Hall–Kier alpha value is -3.38. The van der Waals surface area contributed by atoms with Gasteiger partial charge in [-0.25, -0.2) is 9.59 Å². The van der Waals surface area contributed by atoms with E-state index in [1.54, 1.807) is 24.3 Å². The normalized spacial score (nSPS) is 10.8. The minimum atomic E-state index is -1.31. The first kappa shape index (κ1) is 32.8. The standard InChI is InChI=1S/C28H22N4O6.2Na/c1-15-11-21(13-23(25(15)33)27(35)36)31-29-19-7-3-17(4-8-19)18-5-9-20(10-6-18)30-32-22-12-16(2)26(34)24(14-22)28(37)38;;/h3-14,33-34H,1-2H3,(H,35,36)(H,37,38);;/q;2*+1/p-2. The van der Waals surface area contributed by atoms with Crippen LogP contribution in [-0.4, -0.2) is 22.2 Å². The minimum Gasteiger partial charge on any atom is -0.872 e. The van der Waals surface area contributed by atoms with Crippen LogP contribution in [0.4, 0.5) is 22.7 Å². The molecule has 0 radical (unpaired) electrons. The Morgan fingerprint density at radius 1 is 0.550 bits per heavy atom. The number of hydrogen-bond acceptors (Lipinski definition) is 8. The molecule has 10 nitrogen and oxygen atoms in total. The van der Waals surface area contributed by atoms with Crippen molar-refractivity contribution in [2.45, 2.75) is 13.8 Å². The summed E-state index contributed by atoms with van der Waals surface area (Å²) in [5.74, 6) is -3.72. The van der Waals surface area contributed by atoms with Crippen LogP contribution >= 0.6 is 0 Å². The molecule has 0 bridgehead atoms. The van der Waals surface area contributed by atoms with E-state index in [4.69, 9.17) is 0 Å². The predicted molar refractivity (Wildman–Crippen MR) is 135 cm³/mol. The molecule has 4 rings (SSSR count). The van der Waals surface area contributed by atoms with E-state index in [1.807, 2.05) is 24.3 Å². The molecule has 0 aliphatic rings. The summed E-state index contributed by atoms with van der Waals surface area (Å²) in [7, 11) is 0. The maximum atomic E-state index is 11.9. The topological polar surface area (TPSA) is 170 Å². The molecule has 2 N–H and O–H groups in total. The van der Waals surface area contributed by atoms with E-state index in [0.29, 0.717) is 11.4 Å². The van der Waals surface area contributed by atoms with Crippen molar-refractivity contribution in [3.8, 4) is 22.6 Å². The van der Waals surface area contributed by atoms with Gasteiger partial charge in [0.1, 0.15) is 0 Å². The number of azo groups is 2.